The third-order valence-corrected chi connectivity index (χ3v) is 2.24. The summed E-state index contributed by atoms with van der Waals surface area (Å²) in [6.07, 6.45) is 7.24. The molecule has 2 rings (SSSR count). The van der Waals surface area contributed by atoms with Gasteiger partial charge in [-0.05, 0) is 23.8 Å². The smallest absolute Gasteiger partial charge is 0.135 e. The highest BCUT2D eigenvalue weighted by molar-refractivity contribution is 5.90. The Morgan fingerprint density at radius 1 is 1.14 bits per heavy atom. The van der Waals surface area contributed by atoms with Crippen molar-refractivity contribution in [3.8, 4) is 11.7 Å². The number of hydrogen-bond acceptors (Lipinski definition) is 1. The van der Waals surface area contributed by atoms with Gasteiger partial charge in [-0.3, -0.25) is 0 Å². The average Bonchev–Trinajstić information content (AvgIpc) is 2.27. The van der Waals surface area contributed by atoms with E-state index in [-0.39, 0.29) is 0 Å². The van der Waals surface area contributed by atoms with Crippen molar-refractivity contribution >= 4 is 10.8 Å². The molecule has 1 nitrogen and oxygen atoms in total. The molecule has 0 saturated heterocycles. The molecule has 0 aliphatic heterocycles. The Kier molecular flexibility index (Phi) is 2.12. The van der Waals surface area contributed by atoms with Crippen LogP contribution in [0.1, 0.15) is 5.56 Å². The highest BCUT2D eigenvalue weighted by Crippen LogP contribution is 2.26. The standard InChI is InChI=1S/C13H9O/c1-3-11-12-7-5-4-6-10(12)8-9-13(11)14-2/h4-9H,2H3. The van der Waals surface area contributed by atoms with Crippen molar-refractivity contribution in [3.63, 3.8) is 0 Å². The fraction of sp³-hybridized carbons (Fsp3) is 0.0769. The largest absolute Gasteiger partial charge is 0.495 e. The summed E-state index contributed by atoms with van der Waals surface area (Å²) >= 11 is 0. The van der Waals surface area contributed by atoms with E-state index in [0.717, 1.165) is 10.8 Å². The summed E-state index contributed by atoms with van der Waals surface area (Å²) in [5.74, 6) is 3.11. The van der Waals surface area contributed by atoms with Crippen molar-refractivity contribution < 1.29 is 4.74 Å². The van der Waals surface area contributed by atoms with Gasteiger partial charge in [-0.15, -0.1) is 0 Å². The van der Waals surface area contributed by atoms with E-state index in [1.165, 1.54) is 0 Å². The van der Waals surface area contributed by atoms with Crippen LogP contribution in [0.5, 0.6) is 5.75 Å². The van der Waals surface area contributed by atoms with Crippen molar-refractivity contribution in [2.75, 3.05) is 7.11 Å². The van der Waals surface area contributed by atoms with Gasteiger partial charge in [-0.1, -0.05) is 30.3 Å². The lowest BCUT2D eigenvalue weighted by Gasteiger charge is -2.06. The molecule has 0 spiro atoms. The first-order valence-electron chi connectivity index (χ1n) is 4.35. The Morgan fingerprint density at radius 3 is 2.64 bits per heavy atom. The summed E-state index contributed by atoms with van der Waals surface area (Å²) in [7, 11) is 1.60. The van der Waals surface area contributed by atoms with Crippen LogP contribution in [0.25, 0.3) is 10.8 Å². The van der Waals surface area contributed by atoms with Crippen LogP contribution in [-0.2, 0) is 0 Å². The predicted octanol–water partition coefficient (Wildman–Crippen LogP) is 2.79. The third kappa shape index (κ3) is 1.22. The molecule has 2 aromatic rings. The molecule has 0 aromatic heterocycles. The summed E-state index contributed by atoms with van der Waals surface area (Å²) in [6.45, 7) is 0. The van der Waals surface area contributed by atoms with Crippen molar-refractivity contribution in [2.24, 2.45) is 0 Å². The van der Waals surface area contributed by atoms with Crippen LogP contribution in [0.3, 0.4) is 0 Å². The molecule has 0 fully saturated rings. The maximum Gasteiger partial charge on any atom is 0.135 e. The second kappa shape index (κ2) is 3.43. The first-order valence-corrected chi connectivity index (χ1v) is 4.35. The molecular weight excluding hydrogens is 172 g/mol. The van der Waals surface area contributed by atoms with Gasteiger partial charge in [0.15, 0.2) is 0 Å². The van der Waals surface area contributed by atoms with E-state index < -0.39 is 0 Å². The molecule has 1 radical (unpaired) electrons. The molecule has 0 aliphatic rings. The minimum Gasteiger partial charge on any atom is -0.495 e. The van der Waals surface area contributed by atoms with Crippen LogP contribution in [0.4, 0.5) is 0 Å². The predicted molar refractivity (Wildman–Crippen MR) is 56.7 cm³/mol. The van der Waals surface area contributed by atoms with E-state index in [2.05, 4.69) is 5.92 Å². The lowest BCUT2D eigenvalue weighted by Crippen LogP contribution is -1.88. The molecule has 1 heteroatoms. The summed E-state index contributed by atoms with van der Waals surface area (Å²) in [4.78, 5) is 0. The first-order chi connectivity index (χ1) is 6.86. The second-order valence-electron chi connectivity index (χ2n) is 2.99. The maximum absolute atomic E-state index is 7.24. The van der Waals surface area contributed by atoms with Crippen molar-refractivity contribution in [3.05, 3.63) is 48.4 Å². The summed E-state index contributed by atoms with van der Waals surface area (Å²) in [6, 6.07) is 11.7. The number of fused-ring (bicyclic) bond motifs is 1. The summed E-state index contributed by atoms with van der Waals surface area (Å²) in [5, 5.41) is 2.10. The van der Waals surface area contributed by atoms with E-state index >= 15 is 0 Å². The van der Waals surface area contributed by atoms with Gasteiger partial charge in [0, 0.05) is 5.39 Å². The number of hydrogen-bond donors (Lipinski definition) is 0. The monoisotopic (exact) mass is 181 g/mol. The molecule has 14 heavy (non-hydrogen) atoms. The molecule has 0 N–H and O–H groups in total. The Morgan fingerprint density at radius 2 is 1.93 bits per heavy atom. The number of rotatable bonds is 1. The minimum absolute atomic E-state index is 0.693. The maximum atomic E-state index is 7.24. The fourth-order valence-corrected chi connectivity index (χ4v) is 1.55. The lowest BCUT2D eigenvalue weighted by atomic mass is 10.0. The summed E-state index contributed by atoms with van der Waals surface area (Å²) in [5.41, 5.74) is 0.714. The van der Waals surface area contributed by atoms with Gasteiger partial charge < -0.3 is 4.74 Å². The van der Waals surface area contributed by atoms with Crippen LogP contribution in [-0.4, -0.2) is 7.11 Å². The molecule has 0 atom stereocenters. The summed E-state index contributed by atoms with van der Waals surface area (Å²) < 4.78 is 5.16. The quantitative estimate of drug-likeness (QED) is 0.615. The van der Waals surface area contributed by atoms with Gasteiger partial charge in [-0.2, -0.15) is 0 Å². The Hall–Kier alpha value is -1.94. The van der Waals surface area contributed by atoms with E-state index in [4.69, 9.17) is 11.2 Å². The highest BCUT2D eigenvalue weighted by atomic mass is 16.5. The van der Waals surface area contributed by atoms with Crippen LogP contribution < -0.4 is 4.74 Å². The molecule has 0 unspecified atom stereocenters. The average molecular weight is 181 g/mol. The zero-order valence-electron chi connectivity index (χ0n) is 7.87. The number of methoxy groups -OCH3 is 1. The zero-order valence-corrected chi connectivity index (χ0v) is 7.87. The van der Waals surface area contributed by atoms with E-state index in [0.29, 0.717) is 11.3 Å². The molecule has 0 bridgehead atoms. The number of benzene rings is 2. The Balaban J connectivity index is 2.85. The van der Waals surface area contributed by atoms with E-state index in [1.807, 2.05) is 36.4 Å². The zero-order chi connectivity index (χ0) is 9.97. The molecular formula is C13H9O. The number of ether oxygens (including phenoxy) is 1. The minimum atomic E-state index is 0.693. The Labute approximate surface area is 83.3 Å². The van der Waals surface area contributed by atoms with Crippen LogP contribution in [0.2, 0.25) is 0 Å². The van der Waals surface area contributed by atoms with Gasteiger partial charge >= 0.3 is 0 Å². The molecule has 67 valence electrons. The molecule has 2 aromatic carbocycles. The van der Waals surface area contributed by atoms with Gasteiger partial charge in [0.2, 0.25) is 0 Å². The molecule has 0 saturated carbocycles. The topological polar surface area (TPSA) is 9.23 Å². The van der Waals surface area contributed by atoms with E-state index in [1.54, 1.807) is 7.11 Å². The normalized spacial score (nSPS) is 9.71. The Bertz CT molecular complexity index is 506. The molecule has 0 amide bonds. The second-order valence-corrected chi connectivity index (χ2v) is 2.99. The van der Waals surface area contributed by atoms with Gasteiger partial charge in [0.05, 0.1) is 12.7 Å². The van der Waals surface area contributed by atoms with Crippen LogP contribution in [0, 0.1) is 12.3 Å². The SMILES string of the molecule is [C]#Cc1c(OC)ccc2ccccc12. The molecule has 0 heterocycles. The van der Waals surface area contributed by atoms with Crippen LogP contribution >= 0.6 is 0 Å². The first kappa shape index (κ1) is 8.65. The lowest BCUT2D eigenvalue weighted by molar-refractivity contribution is 0.414. The van der Waals surface area contributed by atoms with Crippen LogP contribution in [0.15, 0.2) is 36.4 Å². The third-order valence-electron chi connectivity index (χ3n) is 2.24. The van der Waals surface area contributed by atoms with Crippen molar-refractivity contribution in [2.45, 2.75) is 0 Å². The van der Waals surface area contributed by atoms with Crippen molar-refractivity contribution in [1.29, 1.82) is 0 Å². The van der Waals surface area contributed by atoms with Gasteiger partial charge in [0.1, 0.15) is 5.75 Å². The van der Waals surface area contributed by atoms with Gasteiger partial charge in [-0.25, -0.2) is 0 Å². The van der Waals surface area contributed by atoms with Gasteiger partial charge in [0.25, 0.3) is 0 Å². The van der Waals surface area contributed by atoms with Crippen molar-refractivity contribution in [1.82, 2.24) is 0 Å². The highest BCUT2D eigenvalue weighted by Gasteiger charge is 2.04. The molecule has 0 aliphatic carbocycles. The van der Waals surface area contributed by atoms with E-state index in [9.17, 15) is 0 Å². The fourth-order valence-electron chi connectivity index (χ4n) is 1.55.